The van der Waals surface area contributed by atoms with Gasteiger partial charge in [0.25, 0.3) is 0 Å². The number of benzene rings is 2. The van der Waals surface area contributed by atoms with Gasteiger partial charge in [-0.25, -0.2) is 4.79 Å². The Morgan fingerprint density at radius 3 is 2.26 bits per heavy atom. The zero-order valence-electron chi connectivity index (χ0n) is 13.6. The lowest BCUT2D eigenvalue weighted by Crippen LogP contribution is -2.44. The Balaban J connectivity index is 2.28. The van der Waals surface area contributed by atoms with E-state index < -0.39 is 11.6 Å². The number of carbonyl (C=O) groups excluding carboxylic acids is 1. The molecule has 1 amide bonds. The number of carboxylic acid groups (broad SMARTS) is 1. The SMILES string of the molecule is CC(C)(C)N(Cc1cccc(-c2ccc(C=O)cc2)c1)C(=O)O. The second-order valence-corrected chi connectivity index (χ2v) is 6.48. The number of carbonyl (C=O) groups is 2. The highest BCUT2D eigenvalue weighted by Gasteiger charge is 2.26. The summed E-state index contributed by atoms with van der Waals surface area (Å²) in [4.78, 5) is 23.6. The Hall–Kier alpha value is -2.62. The molecule has 0 spiro atoms. The minimum atomic E-state index is -0.932. The van der Waals surface area contributed by atoms with Crippen molar-refractivity contribution >= 4 is 12.4 Å². The molecular weight excluding hydrogens is 290 g/mol. The summed E-state index contributed by atoms with van der Waals surface area (Å²) in [6, 6.07) is 15.1. The first kappa shape index (κ1) is 16.7. The highest BCUT2D eigenvalue weighted by atomic mass is 16.4. The minimum Gasteiger partial charge on any atom is -0.465 e. The van der Waals surface area contributed by atoms with Crippen LogP contribution in [0.5, 0.6) is 0 Å². The van der Waals surface area contributed by atoms with E-state index in [-0.39, 0.29) is 0 Å². The number of aldehydes is 1. The zero-order valence-corrected chi connectivity index (χ0v) is 13.6. The first-order valence-electron chi connectivity index (χ1n) is 7.46. The molecule has 0 atom stereocenters. The van der Waals surface area contributed by atoms with Crippen LogP contribution < -0.4 is 0 Å². The number of hydrogen-bond acceptors (Lipinski definition) is 2. The molecular formula is C19H21NO3. The van der Waals surface area contributed by atoms with Crippen molar-refractivity contribution < 1.29 is 14.7 Å². The topological polar surface area (TPSA) is 57.6 Å². The molecule has 1 N–H and O–H groups in total. The molecule has 0 heterocycles. The summed E-state index contributed by atoms with van der Waals surface area (Å²) < 4.78 is 0. The fourth-order valence-corrected chi connectivity index (χ4v) is 2.38. The van der Waals surface area contributed by atoms with Gasteiger partial charge in [0.2, 0.25) is 0 Å². The van der Waals surface area contributed by atoms with Gasteiger partial charge in [0, 0.05) is 17.6 Å². The summed E-state index contributed by atoms with van der Waals surface area (Å²) in [6.45, 7) is 5.97. The average Bonchev–Trinajstić information content (AvgIpc) is 2.51. The number of amides is 1. The normalized spacial score (nSPS) is 11.1. The zero-order chi connectivity index (χ0) is 17.0. The molecule has 0 aliphatic heterocycles. The van der Waals surface area contributed by atoms with E-state index in [0.717, 1.165) is 23.0 Å². The lowest BCUT2D eigenvalue weighted by atomic mass is 10.0. The molecule has 2 rings (SSSR count). The highest BCUT2D eigenvalue weighted by molar-refractivity contribution is 5.77. The monoisotopic (exact) mass is 311 g/mol. The van der Waals surface area contributed by atoms with E-state index in [1.807, 2.05) is 57.2 Å². The van der Waals surface area contributed by atoms with Gasteiger partial charge in [-0.1, -0.05) is 42.5 Å². The van der Waals surface area contributed by atoms with Gasteiger partial charge in [0.1, 0.15) is 6.29 Å². The molecule has 0 bridgehead atoms. The van der Waals surface area contributed by atoms with Crippen molar-refractivity contribution in [2.45, 2.75) is 32.9 Å². The van der Waals surface area contributed by atoms with E-state index in [4.69, 9.17) is 0 Å². The molecule has 23 heavy (non-hydrogen) atoms. The molecule has 0 fully saturated rings. The fourth-order valence-electron chi connectivity index (χ4n) is 2.38. The van der Waals surface area contributed by atoms with Gasteiger partial charge in [0.15, 0.2) is 0 Å². The molecule has 0 radical (unpaired) electrons. The molecule has 4 nitrogen and oxygen atoms in total. The Kier molecular flexibility index (Phi) is 4.84. The average molecular weight is 311 g/mol. The third-order valence-corrected chi connectivity index (χ3v) is 3.69. The first-order chi connectivity index (χ1) is 10.8. The number of rotatable bonds is 4. The Morgan fingerprint density at radius 2 is 1.74 bits per heavy atom. The van der Waals surface area contributed by atoms with Crippen LogP contribution in [-0.2, 0) is 6.54 Å². The predicted octanol–water partition coefficient (Wildman–Crippen LogP) is 4.44. The molecule has 0 aliphatic carbocycles. The van der Waals surface area contributed by atoms with Crippen molar-refractivity contribution in [1.82, 2.24) is 4.90 Å². The van der Waals surface area contributed by atoms with Gasteiger partial charge in [-0.15, -0.1) is 0 Å². The molecule has 0 saturated heterocycles. The van der Waals surface area contributed by atoms with E-state index in [0.29, 0.717) is 12.1 Å². The first-order valence-corrected chi connectivity index (χ1v) is 7.46. The van der Waals surface area contributed by atoms with Crippen molar-refractivity contribution in [2.24, 2.45) is 0 Å². The molecule has 2 aromatic carbocycles. The van der Waals surface area contributed by atoms with Gasteiger partial charge in [0.05, 0.1) is 0 Å². The summed E-state index contributed by atoms with van der Waals surface area (Å²) in [5.41, 5.74) is 3.09. The van der Waals surface area contributed by atoms with Gasteiger partial charge < -0.3 is 5.11 Å². The second kappa shape index (κ2) is 6.65. The molecule has 4 heteroatoms. The van der Waals surface area contributed by atoms with Gasteiger partial charge in [-0.2, -0.15) is 0 Å². The van der Waals surface area contributed by atoms with E-state index in [1.165, 1.54) is 4.90 Å². The molecule has 0 aromatic heterocycles. The van der Waals surface area contributed by atoms with Crippen LogP contribution in [0.2, 0.25) is 0 Å². The van der Waals surface area contributed by atoms with Crippen molar-refractivity contribution in [2.75, 3.05) is 0 Å². The van der Waals surface area contributed by atoms with E-state index in [2.05, 4.69) is 0 Å². The van der Waals surface area contributed by atoms with Crippen molar-refractivity contribution in [3.8, 4) is 11.1 Å². The van der Waals surface area contributed by atoms with Gasteiger partial charge >= 0.3 is 6.09 Å². The van der Waals surface area contributed by atoms with Crippen LogP contribution >= 0.6 is 0 Å². The summed E-state index contributed by atoms with van der Waals surface area (Å²) in [6.07, 6.45) is -0.118. The molecule has 0 unspecified atom stereocenters. The van der Waals surface area contributed by atoms with Gasteiger partial charge in [-0.05, 0) is 43.5 Å². The summed E-state index contributed by atoms with van der Waals surface area (Å²) in [7, 11) is 0. The highest BCUT2D eigenvalue weighted by Crippen LogP contribution is 2.23. The standard InChI is InChI=1S/C19H21NO3/c1-19(2,3)20(18(22)23)12-15-5-4-6-17(11-15)16-9-7-14(13-21)8-10-16/h4-11,13H,12H2,1-3H3,(H,22,23). The third-order valence-electron chi connectivity index (χ3n) is 3.69. The van der Waals surface area contributed by atoms with Crippen LogP contribution in [0.4, 0.5) is 4.79 Å². The minimum absolute atomic E-state index is 0.332. The van der Waals surface area contributed by atoms with Crippen molar-refractivity contribution in [1.29, 1.82) is 0 Å². The maximum atomic E-state index is 11.5. The maximum absolute atomic E-state index is 11.5. The quantitative estimate of drug-likeness (QED) is 0.849. The van der Waals surface area contributed by atoms with Crippen LogP contribution in [0.1, 0.15) is 36.7 Å². The Morgan fingerprint density at radius 1 is 1.09 bits per heavy atom. The van der Waals surface area contributed by atoms with Crippen LogP contribution in [0.25, 0.3) is 11.1 Å². The number of hydrogen-bond donors (Lipinski definition) is 1. The van der Waals surface area contributed by atoms with Crippen LogP contribution in [0, 0.1) is 0 Å². The fraction of sp³-hybridized carbons (Fsp3) is 0.263. The van der Waals surface area contributed by atoms with E-state index in [9.17, 15) is 14.7 Å². The third kappa shape index (κ3) is 4.19. The Labute approximate surface area is 136 Å². The lowest BCUT2D eigenvalue weighted by Gasteiger charge is -2.33. The second-order valence-electron chi connectivity index (χ2n) is 6.48. The lowest BCUT2D eigenvalue weighted by molar-refractivity contribution is 0.0955. The number of nitrogens with zero attached hydrogens (tertiary/aromatic N) is 1. The molecule has 0 saturated carbocycles. The van der Waals surface area contributed by atoms with Gasteiger partial charge in [-0.3, -0.25) is 9.69 Å². The van der Waals surface area contributed by atoms with E-state index in [1.54, 1.807) is 12.1 Å². The predicted molar refractivity (Wildman–Crippen MR) is 90.6 cm³/mol. The molecule has 0 aliphatic rings. The largest absolute Gasteiger partial charge is 0.465 e. The molecule has 120 valence electrons. The van der Waals surface area contributed by atoms with Crippen molar-refractivity contribution in [3.63, 3.8) is 0 Å². The summed E-state index contributed by atoms with van der Waals surface area (Å²) in [5, 5.41) is 9.41. The van der Waals surface area contributed by atoms with Crippen LogP contribution in [-0.4, -0.2) is 27.9 Å². The van der Waals surface area contributed by atoms with E-state index >= 15 is 0 Å². The summed E-state index contributed by atoms with van der Waals surface area (Å²) in [5.74, 6) is 0. The maximum Gasteiger partial charge on any atom is 0.408 e. The van der Waals surface area contributed by atoms with Crippen LogP contribution in [0.15, 0.2) is 48.5 Å². The Bertz CT molecular complexity index is 699. The van der Waals surface area contributed by atoms with Crippen molar-refractivity contribution in [3.05, 3.63) is 59.7 Å². The summed E-state index contributed by atoms with van der Waals surface area (Å²) >= 11 is 0. The van der Waals surface area contributed by atoms with Crippen LogP contribution in [0.3, 0.4) is 0 Å². The smallest absolute Gasteiger partial charge is 0.408 e. The molecule has 2 aromatic rings.